The van der Waals surface area contributed by atoms with Crippen LogP contribution < -0.4 is 10.1 Å². The second-order valence-corrected chi connectivity index (χ2v) is 4.39. The quantitative estimate of drug-likeness (QED) is 0.928. The molecule has 0 radical (unpaired) electrons. The van der Waals surface area contributed by atoms with Gasteiger partial charge in [0.05, 0.1) is 6.61 Å². The zero-order valence-corrected chi connectivity index (χ0v) is 11.8. The van der Waals surface area contributed by atoms with Crippen LogP contribution in [0.1, 0.15) is 28.7 Å². The van der Waals surface area contributed by atoms with Crippen LogP contribution in [-0.2, 0) is 0 Å². The average molecular weight is 271 g/mol. The van der Waals surface area contributed by atoms with Crippen molar-refractivity contribution in [1.82, 2.24) is 9.97 Å². The van der Waals surface area contributed by atoms with Crippen LogP contribution in [0.15, 0.2) is 30.3 Å². The Bertz CT molecular complexity index is 606. The van der Waals surface area contributed by atoms with Crippen LogP contribution in [-0.4, -0.2) is 22.5 Å². The van der Waals surface area contributed by atoms with Crippen LogP contribution in [0.25, 0.3) is 0 Å². The summed E-state index contributed by atoms with van der Waals surface area (Å²) < 4.78 is 5.37. The lowest BCUT2D eigenvalue weighted by Crippen LogP contribution is -2.15. The van der Waals surface area contributed by atoms with Gasteiger partial charge in [0, 0.05) is 17.0 Å². The molecule has 0 atom stereocenters. The molecule has 5 heteroatoms. The number of carbonyl (C=O) groups excluding carboxylic acids is 1. The van der Waals surface area contributed by atoms with E-state index in [9.17, 15) is 4.79 Å². The summed E-state index contributed by atoms with van der Waals surface area (Å²) in [5.74, 6) is 0.729. The minimum Gasteiger partial charge on any atom is -0.494 e. The number of carbonyl (C=O) groups is 1. The van der Waals surface area contributed by atoms with Crippen molar-refractivity contribution in [3.63, 3.8) is 0 Å². The first-order valence-corrected chi connectivity index (χ1v) is 6.45. The lowest BCUT2D eigenvalue weighted by molar-refractivity contribution is 0.102. The van der Waals surface area contributed by atoms with E-state index in [0.717, 1.165) is 11.4 Å². The number of aryl methyl sites for hydroxylation is 2. The maximum absolute atomic E-state index is 12.1. The number of rotatable bonds is 4. The van der Waals surface area contributed by atoms with E-state index in [4.69, 9.17) is 4.74 Å². The highest BCUT2D eigenvalue weighted by Crippen LogP contribution is 2.14. The molecule has 2 rings (SSSR count). The molecule has 0 saturated carbocycles. The largest absolute Gasteiger partial charge is 0.494 e. The predicted octanol–water partition coefficient (Wildman–Crippen LogP) is 2.74. The molecule has 5 nitrogen and oxygen atoms in total. The van der Waals surface area contributed by atoms with E-state index in [-0.39, 0.29) is 5.91 Å². The summed E-state index contributed by atoms with van der Waals surface area (Å²) in [4.78, 5) is 20.5. The number of anilines is 1. The SMILES string of the molecule is CCOc1cccc(C(=O)Nc2nc(C)cc(C)n2)c1. The Kier molecular flexibility index (Phi) is 4.30. The zero-order valence-electron chi connectivity index (χ0n) is 11.8. The third kappa shape index (κ3) is 3.54. The van der Waals surface area contributed by atoms with Crippen LogP contribution in [0, 0.1) is 13.8 Å². The van der Waals surface area contributed by atoms with Crippen molar-refractivity contribution in [3.8, 4) is 5.75 Å². The van der Waals surface area contributed by atoms with Gasteiger partial charge in [0.2, 0.25) is 5.95 Å². The van der Waals surface area contributed by atoms with Gasteiger partial charge in [0.15, 0.2) is 0 Å². The number of hydrogen-bond acceptors (Lipinski definition) is 4. The van der Waals surface area contributed by atoms with Gasteiger partial charge in [-0.15, -0.1) is 0 Å². The van der Waals surface area contributed by atoms with E-state index in [2.05, 4.69) is 15.3 Å². The third-order valence-electron chi connectivity index (χ3n) is 2.61. The van der Waals surface area contributed by atoms with Gasteiger partial charge in [-0.25, -0.2) is 9.97 Å². The van der Waals surface area contributed by atoms with Gasteiger partial charge in [0.25, 0.3) is 5.91 Å². The van der Waals surface area contributed by atoms with Crippen molar-refractivity contribution >= 4 is 11.9 Å². The van der Waals surface area contributed by atoms with Crippen LogP contribution in [0.5, 0.6) is 5.75 Å². The van der Waals surface area contributed by atoms with E-state index in [0.29, 0.717) is 23.9 Å². The molecule has 0 spiro atoms. The van der Waals surface area contributed by atoms with Gasteiger partial charge in [-0.2, -0.15) is 0 Å². The molecule has 0 aliphatic rings. The van der Waals surface area contributed by atoms with Crippen molar-refractivity contribution in [2.24, 2.45) is 0 Å². The second kappa shape index (κ2) is 6.14. The number of nitrogens with zero attached hydrogens (tertiary/aromatic N) is 2. The van der Waals surface area contributed by atoms with E-state index in [1.807, 2.05) is 32.9 Å². The predicted molar refractivity (Wildman–Crippen MR) is 77.1 cm³/mol. The molecule has 1 N–H and O–H groups in total. The lowest BCUT2D eigenvalue weighted by atomic mass is 10.2. The summed E-state index contributed by atoms with van der Waals surface area (Å²) >= 11 is 0. The van der Waals surface area contributed by atoms with Gasteiger partial charge in [0.1, 0.15) is 5.75 Å². The molecule has 0 bridgehead atoms. The molecule has 0 fully saturated rings. The smallest absolute Gasteiger partial charge is 0.258 e. The summed E-state index contributed by atoms with van der Waals surface area (Å²) in [6.45, 7) is 6.18. The van der Waals surface area contributed by atoms with Gasteiger partial charge >= 0.3 is 0 Å². The first kappa shape index (κ1) is 14.0. The number of ether oxygens (including phenoxy) is 1. The molecule has 0 unspecified atom stereocenters. The van der Waals surface area contributed by atoms with Crippen molar-refractivity contribution in [2.45, 2.75) is 20.8 Å². The van der Waals surface area contributed by atoms with Crippen molar-refractivity contribution in [1.29, 1.82) is 0 Å². The van der Waals surface area contributed by atoms with Gasteiger partial charge in [-0.05, 0) is 45.0 Å². The minimum absolute atomic E-state index is 0.253. The van der Waals surface area contributed by atoms with E-state index in [1.54, 1.807) is 18.2 Å². The molecule has 20 heavy (non-hydrogen) atoms. The fourth-order valence-corrected chi connectivity index (χ4v) is 1.85. The molecule has 1 aromatic carbocycles. The highest BCUT2D eigenvalue weighted by atomic mass is 16.5. The van der Waals surface area contributed by atoms with Crippen LogP contribution in [0.2, 0.25) is 0 Å². The Morgan fingerprint density at radius 1 is 1.20 bits per heavy atom. The summed E-state index contributed by atoms with van der Waals surface area (Å²) in [7, 11) is 0. The van der Waals surface area contributed by atoms with E-state index in [1.165, 1.54) is 0 Å². The van der Waals surface area contributed by atoms with E-state index < -0.39 is 0 Å². The first-order valence-electron chi connectivity index (χ1n) is 6.45. The number of benzene rings is 1. The first-order chi connectivity index (χ1) is 9.58. The van der Waals surface area contributed by atoms with Crippen molar-refractivity contribution in [3.05, 3.63) is 47.3 Å². The summed E-state index contributed by atoms with van der Waals surface area (Å²) in [6, 6.07) is 8.86. The van der Waals surface area contributed by atoms with Gasteiger partial charge < -0.3 is 4.74 Å². The molecule has 2 aromatic rings. The Morgan fingerprint density at radius 3 is 2.55 bits per heavy atom. The van der Waals surface area contributed by atoms with Crippen LogP contribution in [0.3, 0.4) is 0 Å². The molecule has 1 heterocycles. The fraction of sp³-hybridized carbons (Fsp3) is 0.267. The standard InChI is InChI=1S/C15H17N3O2/c1-4-20-13-7-5-6-12(9-13)14(19)18-15-16-10(2)8-11(3)17-15/h5-9H,4H2,1-3H3,(H,16,17,18,19). The highest BCUT2D eigenvalue weighted by Gasteiger charge is 2.09. The molecule has 0 aliphatic carbocycles. The maximum atomic E-state index is 12.1. The number of amides is 1. The maximum Gasteiger partial charge on any atom is 0.258 e. The fourth-order valence-electron chi connectivity index (χ4n) is 1.85. The second-order valence-electron chi connectivity index (χ2n) is 4.39. The number of hydrogen-bond donors (Lipinski definition) is 1. The summed E-state index contributed by atoms with van der Waals surface area (Å²) in [6.07, 6.45) is 0. The number of nitrogens with one attached hydrogen (secondary N) is 1. The summed E-state index contributed by atoms with van der Waals surface area (Å²) in [5, 5.41) is 2.69. The van der Waals surface area contributed by atoms with Crippen LogP contribution in [0.4, 0.5) is 5.95 Å². The summed E-state index contributed by atoms with van der Waals surface area (Å²) in [5.41, 5.74) is 2.14. The Morgan fingerprint density at radius 2 is 1.90 bits per heavy atom. The van der Waals surface area contributed by atoms with Gasteiger partial charge in [-0.1, -0.05) is 6.07 Å². The average Bonchev–Trinajstić information content (AvgIpc) is 2.38. The zero-order chi connectivity index (χ0) is 14.5. The van der Waals surface area contributed by atoms with Crippen molar-refractivity contribution in [2.75, 3.05) is 11.9 Å². The molecule has 0 aliphatic heterocycles. The molecule has 0 saturated heterocycles. The molecule has 1 aromatic heterocycles. The van der Waals surface area contributed by atoms with Crippen molar-refractivity contribution < 1.29 is 9.53 Å². The Hall–Kier alpha value is -2.43. The monoisotopic (exact) mass is 271 g/mol. The topological polar surface area (TPSA) is 64.1 Å². The normalized spacial score (nSPS) is 10.2. The minimum atomic E-state index is -0.253. The van der Waals surface area contributed by atoms with Crippen LogP contribution >= 0.6 is 0 Å². The lowest BCUT2D eigenvalue weighted by Gasteiger charge is -2.07. The highest BCUT2D eigenvalue weighted by molar-refractivity contribution is 6.03. The number of aromatic nitrogens is 2. The molecule has 1 amide bonds. The van der Waals surface area contributed by atoms with Gasteiger partial charge in [-0.3, -0.25) is 10.1 Å². The third-order valence-corrected chi connectivity index (χ3v) is 2.61. The van der Waals surface area contributed by atoms with E-state index >= 15 is 0 Å². The Labute approximate surface area is 118 Å². The molecular formula is C15H17N3O2. The molecular weight excluding hydrogens is 254 g/mol. The Balaban J connectivity index is 2.17. The molecule has 104 valence electrons.